The van der Waals surface area contributed by atoms with Crippen molar-refractivity contribution in [3.63, 3.8) is 0 Å². The third kappa shape index (κ3) is 4.29. The zero-order chi connectivity index (χ0) is 20.3. The molecule has 2 aromatic carbocycles. The molecule has 0 atom stereocenters. The summed E-state index contributed by atoms with van der Waals surface area (Å²) in [6.07, 6.45) is -0.0640. The second-order valence-electron chi connectivity index (χ2n) is 6.51. The molecule has 1 amide bonds. The molecule has 0 fully saturated rings. The number of nitrogens with zero attached hydrogens (tertiary/aromatic N) is 1. The predicted molar refractivity (Wildman–Crippen MR) is 112 cm³/mol. The van der Waals surface area contributed by atoms with Crippen LogP contribution >= 0.6 is 12.1 Å². The first-order chi connectivity index (χ1) is 13.4. The number of rotatable bonds is 5. The van der Waals surface area contributed by atoms with Crippen LogP contribution in [0, 0.1) is 6.92 Å². The van der Waals surface area contributed by atoms with Crippen molar-refractivity contribution < 1.29 is 13.9 Å². The van der Waals surface area contributed by atoms with E-state index in [9.17, 15) is 9.59 Å². The van der Waals surface area contributed by atoms with Gasteiger partial charge in [-0.1, -0.05) is 12.1 Å². The Kier molecular flexibility index (Phi) is 5.91. The number of hydrogen-bond acceptors (Lipinski definition) is 7. The summed E-state index contributed by atoms with van der Waals surface area (Å²) in [5.74, 6) is 0.319. The number of ether oxygens (including phenoxy) is 1. The van der Waals surface area contributed by atoms with Crippen LogP contribution in [0.25, 0.3) is 11.0 Å². The summed E-state index contributed by atoms with van der Waals surface area (Å²) in [5.41, 5.74) is 3.22. The van der Waals surface area contributed by atoms with E-state index < -0.39 is 11.7 Å². The molecule has 3 N–H and O–H groups in total. The van der Waals surface area contributed by atoms with Crippen molar-refractivity contribution in [1.29, 1.82) is 0 Å². The Morgan fingerprint density at radius 2 is 2.04 bits per heavy atom. The van der Waals surface area contributed by atoms with E-state index in [2.05, 4.69) is 4.72 Å². The average Bonchev–Trinajstić information content (AvgIpc) is 2.65. The highest BCUT2D eigenvalue weighted by Gasteiger charge is 2.14. The van der Waals surface area contributed by atoms with Gasteiger partial charge < -0.3 is 18.8 Å². The van der Waals surface area contributed by atoms with Gasteiger partial charge in [0.05, 0.1) is 0 Å². The van der Waals surface area contributed by atoms with Crippen molar-refractivity contribution in [3.05, 3.63) is 69.6 Å². The molecule has 8 heteroatoms. The number of carbonyl (C=O) groups excluding carboxylic acids is 1. The molecule has 0 radical (unpaired) electrons. The number of anilines is 1. The van der Waals surface area contributed by atoms with Gasteiger partial charge in [0.25, 0.3) is 0 Å². The van der Waals surface area contributed by atoms with E-state index in [0.717, 1.165) is 34.3 Å². The molecule has 0 saturated carbocycles. The molecule has 0 bridgehead atoms. The molecule has 0 aliphatic carbocycles. The van der Waals surface area contributed by atoms with Gasteiger partial charge in [-0.3, -0.25) is 5.14 Å². The number of carbonyl (C=O) groups is 1. The molecular formula is C20H21N3O4S. The third-order valence-electron chi connectivity index (χ3n) is 4.31. The zero-order valence-corrected chi connectivity index (χ0v) is 16.6. The maximum absolute atomic E-state index is 12.6. The van der Waals surface area contributed by atoms with Gasteiger partial charge in [0.15, 0.2) is 0 Å². The van der Waals surface area contributed by atoms with Gasteiger partial charge in [0.1, 0.15) is 11.3 Å². The van der Waals surface area contributed by atoms with E-state index in [1.165, 1.54) is 4.90 Å². The first-order valence-electron chi connectivity index (χ1n) is 8.55. The lowest BCUT2D eigenvalue weighted by Crippen LogP contribution is -2.25. The van der Waals surface area contributed by atoms with Crippen LogP contribution in [0.1, 0.15) is 16.7 Å². The third-order valence-corrected chi connectivity index (χ3v) is 4.67. The van der Waals surface area contributed by atoms with Crippen LogP contribution in [0.5, 0.6) is 5.75 Å². The summed E-state index contributed by atoms with van der Waals surface area (Å²) in [7, 11) is 3.19. The fraction of sp³-hybridized carbons (Fsp3) is 0.200. The first kappa shape index (κ1) is 19.8. The number of fused-ring (bicyclic) bond motifs is 1. The lowest BCUT2D eigenvalue weighted by molar-refractivity contribution is 0.172. The van der Waals surface area contributed by atoms with Gasteiger partial charge in [0, 0.05) is 55.4 Å². The van der Waals surface area contributed by atoms with Crippen LogP contribution in [0.15, 0.2) is 51.7 Å². The number of benzene rings is 2. The zero-order valence-electron chi connectivity index (χ0n) is 15.8. The Hall–Kier alpha value is -2.97. The van der Waals surface area contributed by atoms with Crippen LogP contribution in [-0.2, 0) is 6.42 Å². The highest BCUT2D eigenvalue weighted by atomic mass is 32.2. The van der Waals surface area contributed by atoms with Crippen LogP contribution in [0.2, 0.25) is 0 Å². The standard InChI is InChI=1S/C20H21N3O4S/c1-12-16-8-7-15(26-20(25)23(2)3)11-18(16)27-19(24)17(12)10-13-5-4-6-14(9-13)22-28-21/h4-9,11,22H,10,21H2,1-3H3. The smallest absolute Gasteiger partial charge is 0.414 e. The summed E-state index contributed by atoms with van der Waals surface area (Å²) in [6, 6.07) is 12.7. The van der Waals surface area contributed by atoms with Gasteiger partial charge >= 0.3 is 11.7 Å². The van der Waals surface area contributed by atoms with E-state index >= 15 is 0 Å². The number of amides is 1. The molecule has 0 unspecified atom stereocenters. The number of hydrogen-bond donors (Lipinski definition) is 2. The quantitative estimate of drug-likeness (QED) is 0.499. The fourth-order valence-corrected chi connectivity index (χ4v) is 3.11. The van der Waals surface area contributed by atoms with E-state index in [1.807, 2.05) is 31.2 Å². The second kappa shape index (κ2) is 8.37. The molecular weight excluding hydrogens is 378 g/mol. The molecule has 0 spiro atoms. The Bertz CT molecular complexity index is 1080. The van der Waals surface area contributed by atoms with E-state index in [0.29, 0.717) is 23.3 Å². The Morgan fingerprint density at radius 1 is 1.25 bits per heavy atom. The fourth-order valence-electron chi connectivity index (χ4n) is 2.85. The molecule has 146 valence electrons. The van der Waals surface area contributed by atoms with Gasteiger partial charge in [-0.05, 0) is 42.3 Å². The lowest BCUT2D eigenvalue weighted by atomic mass is 9.99. The minimum Gasteiger partial charge on any atom is -0.422 e. The van der Waals surface area contributed by atoms with E-state index in [-0.39, 0.29) is 0 Å². The molecule has 1 heterocycles. The summed E-state index contributed by atoms with van der Waals surface area (Å²) in [6.45, 7) is 1.89. The van der Waals surface area contributed by atoms with Crippen molar-refractivity contribution in [2.45, 2.75) is 13.3 Å². The number of nitrogens with two attached hydrogens (primary N) is 1. The Morgan fingerprint density at radius 3 is 2.75 bits per heavy atom. The van der Waals surface area contributed by atoms with Crippen LogP contribution in [-0.4, -0.2) is 25.1 Å². The molecule has 3 aromatic rings. The van der Waals surface area contributed by atoms with E-state index in [1.54, 1.807) is 32.3 Å². The minimum absolute atomic E-state index is 0.319. The van der Waals surface area contributed by atoms with Gasteiger partial charge in [-0.15, -0.1) is 0 Å². The molecule has 1 aromatic heterocycles. The van der Waals surface area contributed by atoms with Crippen molar-refractivity contribution in [3.8, 4) is 5.75 Å². The van der Waals surface area contributed by atoms with Crippen molar-refractivity contribution in [2.75, 3.05) is 18.8 Å². The Labute approximate surface area is 166 Å². The summed E-state index contributed by atoms with van der Waals surface area (Å²) in [5, 5.41) is 6.24. The Balaban J connectivity index is 1.95. The monoisotopic (exact) mass is 399 g/mol. The van der Waals surface area contributed by atoms with Crippen molar-refractivity contribution >= 4 is 34.9 Å². The van der Waals surface area contributed by atoms with Gasteiger partial charge in [-0.25, -0.2) is 9.59 Å². The molecule has 3 rings (SSSR count). The summed E-state index contributed by atoms with van der Waals surface area (Å²) >= 11 is 1.02. The first-order valence-corrected chi connectivity index (χ1v) is 9.43. The highest BCUT2D eigenvalue weighted by molar-refractivity contribution is 7.98. The maximum Gasteiger partial charge on any atom is 0.414 e. The van der Waals surface area contributed by atoms with Gasteiger partial charge in [-0.2, -0.15) is 0 Å². The topological polar surface area (TPSA) is 97.8 Å². The predicted octanol–water partition coefficient (Wildman–Crippen LogP) is 3.69. The minimum atomic E-state index is -0.501. The SMILES string of the molecule is Cc1c(Cc2cccc(NSN)c2)c(=O)oc2cc(OC(=O)N(C)C)ccc12. The van der Waals surface area contributed by atoms with Crippen molar-refractivity contribution in [1.82, 2.24) is 4.90 Å². The molecule has 7 nitrogen and oxygen atoms in total. The lowest BCUT2D eigenvalue weighted by Gasteiger charge is -2.12. The highest BCUT2D eigenvalue weighted by Crippen LogP contribution is 2.26. The van der Waals surface area contributed by atoms with Gasteiger partial charge in [0.2, 0.25) is 0 Å². The summed E-state index contributed by atoms with van der Waals surface area (Å²) in [4.78, 5) is 25.6. The second-order valence-corrected chi connectivity index (χ2v) is 6.95. The maximum atomic E-state index is 12.6. The van der Waals surface area contributed by atoms with Crippen LogP contribution in [0.3, 0.4) is 0 Å². The van der Waals surface area contributed by atoms with E-state index in [4.69, 9.17) is 14.3 Å². The average molecular weight is 399 g/mol. The number of nitrogens with one attached hydrogen (secondary N) is 1. The normalized spacial score (nSPS) is 10.7. The molecule has 28 heavy (non-hydrogen) atoms. The molecule has 0 aliphatic heterocycles. The molecule has 0 saturated heterocycles. The molecule has 0 aliphatic rings. The van der Waals surface area contributed by atoms with Crippen molar-refractivity contribution in [2.24, 2.45) is 5.14 Å². The largest absolute Gasteiger partial charge is 0.422 e. The number of aryl methyl sites for hydroxylation is 1. The van der Waals surface area contributed by atoms with Crippen LogP contribution < -0.4 is 20.2 Å². The summed E-state index contributed by atoms with van der Waals surface area (Å²) < 4.78 is 13.7. The van der Waals surface area contributed by atoms with Crippen LogP contribution in [0.4, 0.5) is 10.5 Å².